The predicted octanol–water partition coefficient (Wildman–Crippen LogP) is 1.56. The Hall–Kier alpha value is -1.32. The third-order valence-electron chi connectivity index (χ3n) is 2.77. The quantitative estimate of drug-likeness (QED) is 0.797. The molecule has 15 heavy (non-hydrogen) atoms. The zero-order valence-electron chi connectivity index (χ0n) is 8.85. The van der Waals surface area contributed by atoms with Crippen LogP contribution in [-0.4, -0.2) is 16.3 Å². The number of nitrogens with two attached hydrogens (primary N) is 1. The van der Waals surface area contributed by atoms with Crippen molar-refractivity contribution in [1.82, 2.24) is 4.57 Å². The number of aliphatic hydroxyl groups is 1. The van der Waals surface area contributed by atoms with E-state index in [1.165, 1.54) is 10.9 Å². The molecule has 0 saturated carbocycles. The van der Waals surface area contributed by atoms with Crippen LogP contribution in [0.1, 0.15) is 18.0 Å². The van der Waals surface area contributed by atoms with E-state index in [2.05, 4.69) is 16.7 Å². The molecule has 3 heteroatoms. The standard InChI is InChI=1S/C12H16N2O/c1-14-8-10(11(13)6-7-15)9-4-2-3-5-12(9)14/h2-5,8,11,15H,6-7,13H2,1H3/t11-/m0/s1. The summed E-state index contributed by atoms with van der Waals surface area (Å²) in [5.74, 6) is 0. The fourth-order valence-corrected chi connectivity index (χ4v) is 1.96. The Bertz CT molecular complexity index is 462. The highest BCUT2D eigenvalue weighted by Gasteiger charge is 2.12. The highest BCUT2D eigenvalue weighted by atomic mass is 16.3. The number of fused-ring (bicyclic) bond motifs is 1. The first-order chi connectivity index (χ1) is 7.24. The number of rotatable bonds is 3. The first kappa shape index (κ1) is 10.2. The number of aromatic nitrogens is 1. The van der Waals surface area contributed by atoms with Gasteiger partial charge in [-0.3, -0.25) is 0 Å². The van der Waals surface area contributed by atoms with Crippen molar-refractivity contribution >= 4 is 10.9 Å². The molecule has 0 amide bonds. The Morgan fingerprint density at radius 3 is 2.87 bits per heavy atom. The van der Waals surface area contributed by atoms with E-state index < -0.39 is 0 Å². The van der Waals surface area contributed by atoms with Crippen LogP contribution < -0.4 is 5.73 Å². The Morgan fingerprint density at radius 2 is 2.13 bits per heavy atom. The number of hydrogen-bond acceptors (Lipinski definition) is 2. The van der Waals surface area contributed by atoms with Gasteiger partial charge in [0.15, 0.2) is 0 Å². The van der Waals surface area contributed by atoms with Crippen molar-refractivity contribution in [2.24, 2.45) is 12.8 Å². The van der Waals surface area contributed by atoms with Crippen molar-refractivity contribution in [3.05, 3.63) is 36.0 Å². The molecule has 3 N–H and O–H groups in total. The molecule has 80 valence electrons. The molecular weight excluding hydrogens is 188 g/mol. The molecule has 0 spiro atoms. The van der Waals surface area contributed by atoms with Crippen molar-refractivity contribution < 1.29 is 5.11 Å². The lowest BCUT2D eigenvalue weighted by Gasteiger charge is -2.07. The molecule has 3 nitrogen and oxygen atoms in total. The SMILES string of the molecule is Cn1cc([C@@H](N)CCO)c2ccccc21. The molecule has 0 aliphatic heterocycles. The van der Waals surface area contributed by atoms with Crippen LogP contribution in [0.3, 0.4) is 0 Å². The third kappa shape index (κ3) is 1.76. The van der Waals surface area contributed by atoms with Gasteiger partial charge in [-0.05, 0) is 18.1 Å². The first-order valence-electron chi connectivity index (χ1n) is 5.14. The second-order valence-electron chi connectivity index (χ2n) is 3.83. The summed E-state index contributed by atoms with van der Waals surface area (Å²) in [6.45, 7) is 0.129. The van der Waals surface area contributed by atoms with E-state index in [1.54, 1.807) is 0 Å². The van der Waals surface area contributed by atoms with E-state index in [0.29, 0.717) is 6.42 Å². The van der Waals surface area contributed by atoms with Crippen molar-refractivity contribution in [3.8, 4) is 0 Å². The Kier molecular flexibility index (Phi) is 2.75. The average Bonchev–Trinajstić information content (AvgIpc) is 2.58. The molecule has 1 atom stereocenters. The van der Waals surface area contributed by atoms with Gasteiger partial charge >= 0.3 is 0 Å². The van der Waals surface area contributed by atoms with Crippen molar-refractivity contribution in [2.75, 3.05) is 6.61 Å². The van der Waals surface area contributed by atoms with E-state index in [9.17, 15) is 0 Å². The van der Waals surface area contributed by atoms with Crippen LogP contribution in [0, 0.1) is 0 Å². The third-order valence-corrected chi connectivity index (χ3v) is 2.77. The highest BCUT2D eigenvalue weighted by Crippen LogP contribution is 2.25. The maximum atomic E-state index is 8.89. The largest absolute Gasteiger partial charge is 0.396 e. The summed E-state index contributed by atoms with van der Waals surface area (Å²) >= 11 is 0. The van der Waals surface area contributed by atoms with Crippen LogP contribution in [-0.2, 0) is 7.05 Å². The van der Waals surface area contributed by atoms with Gasteiger partial charge in [-0.15, -0.1) is 0 Å². The van der Waals surface area contributed by atoms with Gasteiger partial charge in [0, 0.05) is 36.8 Å². The van der Waals surface area contributed by atoms with Crippen LogP contribution in [0.15, 0.2) is 30.5 Å². The summed E-state index contributed by atoms with van der Waals surface area (Å²) in [5.41, 5.74) is 8.31. The Morgan fingerprint density at radius 1 is 1.40 bits per heavy atom. The van der Waals surface area contributed by atoms with E-state index in [-0.39, 0.29) is 12.6 Å². The summed E-state index contributed by atoms with van der Waals surface area (Å²) in [5, 5.41) is 10.1. The zero-order valence-corrected chi connectivity index (χ0v) is 8.85. The number of aryl methyl sites for hydroxylation is 1. The fourth-order valence-electron chi connectivity index (χ4n) is 1.96. The first-order valence-corrected chi connectivity index (χ1v) is 5.14. The minimum atomic E-state index is -0.0823. The van der Waals surface area contributed by atoms with Gasteiger partial charge in [0.2, 0.25) is 0 Å². The molecule has 1 aromatic carbocycles. The molecule has 0 fully saturated rings. The van der Waals surface area contributed by atoms with E-state index in [1.807, 2.05) is 25.4 Å². The lowest BCUT2D eigenvalue weighted by Crippen LogP contribution is -2.11. The highest BCUT2D eigenvalue weighted by molar-refractivity contribution is 5.84. The molecule has 2 aromatic rings. The van der Waals surface area contributed by atoms with Gasteiger partial charge in [-0.2, -0.15) is 0 Å². The van der Waals surface area contributed by atoms with Crippen molar-refractivity contribution in [3.63, 3.8) is 0 Å². The number of benzene rings is 1. The lowest BCUT2D eigenvalue weighted by molar-refractivity contribution is 0.277. The maximum absolute atomic E-state index is 8.89. The van der Waals surface area contributed by atoms with Gasteiger partial charge in [0.25, 0.3) is 0 Å². The van der Waals surface area contributed by atoms with Crippen LogP contribution in [0.25, 0.3) is 10.9 Å². The number of para-hydroxylation sites is 1. The molecule has 0 unspecified atom stereocenters. The fraction of sp³-hybridized carbons (Fsp3) is 0.333. The van der Waals surface area contributed by atoms with Crippen LogP contribution in [0.2, 0.25) is 0 Å². The van der Waals surface area contributed by atoms with E-state index in [0.717, 1.165) is 5.56 Å². The lowest BCUT2D eigenvalue weighted by atomic mass is 10.0. The molecular formula is C12H16N2O. The van der Waals surface area contributed by atoms with Crippen molar-refractivity contribution in [2.45, 2.75) is 12.5 Å². The monoisotopic (exact) mass is 204 g/mol. The smallest absolute Gasteiger partial charge is 0.0481 e. The second-order valence-corrected chi connectivity index (χ2v) is 3.83. The van der Waals surface area contributed by atoms with Gasteiger partial charge in [-0.1, -0.05) is 18.2 Å². The zero-order chi connectivity index (χ0) is 10.8. The maximum Gasteiger partial charge on any atom is 0.0481 e. The molecule has 2 rings (SSSR count). The molecule has 1 heterocycles. The number of hydrogen-bond donors (Lipinski definition) is 2. The molecule has 0 radical (unpaired) electrons. The molecule has 0 aliphatic rings. The molecule has 0 bridgehead atoms. The average molecular weight is 204 g/mol. The summed E-state index contributed by atoms with van der Waals surface area (Å²) in [6, 6.07) is 8.09. The second kappa shape index (κ2) is 4.04. The Balaban J connectivity index is 2.52. The van der Waals surface area contributed by atoms with Crippen molar-refractivity contribution in [1.29, 1.82) is 0 Å². The number of nitrogens with zero attached hydrogens (tertiary/aromatic N) is 1. The van der Waals surface area contributed by atoms with E-state index >= 15 is 0 Å². The summed E-state index contributed by atoms with van der Waals surface area (Å²) in [4.78, 5) is 0. The topological polar surface area (TPSA) is 51.2 Å². The summed E-state index contributed by atoms with van der Waals surface area (Å²) in [7, 11) is 2.01. The Labute approximate surface area is 89.1 Å². The minimum Gasteiger partial charge on any atom is -0.396 e. The van der Waals surface area contributed by atoms with Gasteiger partial charge < -0.3 is 15.4 Å². The van der Waals surface area contributed by atoms with Gasteiger partial charge in [0.1, 0.15) is 0 Å². The minimum absolute atomic E-state index is 0.0823. The number of aliphatic hydroxyl groups excluding tert-OH is 1. The van der Waals surface area contributed by atoms with Gasteiger partial charge in [-0.25, -0.2) is 0 Å². The van der Waals surface area contributed by atoms with Crippen LogP contribution in [0.4, 0.5) is 0 Å². The van der Waals surface area contributed by atoms with Crippen LogP contribution in [0.5, 0.6) is 0 Å². The van der Waals surface area contributed by atoms with E-state index in [4.69, 9.17) is 10.8 Å². The predicted molar refractivity (Wildman–Crippen MR) is 61.6 cm³/mol. The molecule has 0 saturated heterocycles. The molecule has 1 aromatic heterocycles. The molecule has 0 aliphatic carbocycles. The summed E-state index contributed by atoms with van der Waals surface area (Å²) in [6.07, 6.45) is 2.65. The normalized spacial score (nSPS) is 13.3. The van der Waals surface area contributed by atoms with Gasteiger partial charge in [0.05, 0.1) is 0 Å². The summed E-state index contributed by atoms with van der Waals surface area (Å²) < 4.78 is 2.07. The van der Waals surface area contributed by atoms with Crippen LogP contribution >= 0.6 is 0 Å².